The molecule has 3 rings (SSSR count). The number of anilines is 4. The summed E-state index contributed by atoms with van der Waals surface area (Å²) in [4.78, 5) is 35.7. The molecule has 0 aliphatic rings. The summed E-state index contributed by atoms with van der Waals surface area (Å²) in [5.41, 5.74) is 4.23. The number of aryl methyl sites for hydroxylation is 1. The molecule has 0 bridgehead atoms. The van der Waals surface area contributed by atoms with Crippen LogP contribution in [0.2, 0.25) is 0 Å². The molecule has 0 fully saturated rings. The third kappa shape index (κ3) is 6.71. The van der Waals surface area contributed by atoms with Gasteiger partial charge in [-0.3, -0.25) is 14.4 Å². The average Bonchev–Trinajstić information content (AvgIpc) is 2.73. The van der Waals surface area contributed by atoms with Gasteiger partial charge < -0.3 is 21.3 Å². The summed E-state index contributed by atoms with van der Waals surface area (Å²) in [6, 6.07) is 21.4. The lowest BCUT2D eigenvalue weighted by molar-refractivity contribution is -0.115. The number of benzene rings is 3. The molecular formula is C24H24N4O3. The van der Waals surface area contributed by atoms with Gasteiger partial charge >= 0.3 is 0 Å². The summed E-state index contributed by atoms with van der Waals surface area (Å²) in [6.07, 6.45) is 0. The van der Waals surface area contributed by atoms with E-state index in [-0.39, 0.29) is 24.3 Å². The van der Waals surface area contributed by atoms with Gasteiger partial charge in [-0.05, 0) is 61.5 Å². The monoisotopic (exact) mass is 416 g/mol. The first kappa shape index (κ1) is 21.6. The minimum absolute atomic E-state index is 0.0649. The Morgan fingerprint density at radius 1 is 0.710 bits per heavy atom. The number of rotatable bonds is 7. The van der Waals surface area contributed by atoms with E-state index >= 15 is 0 Å². The Labute approximate surface area is 180 Å². The summed E-state index contributed by atoms with van der Waals surface area (Å²) >= 11 is 0. The molecule has 0 aliphatic carbocycles. The lowest BCUT2D eigenvalue weighted by Crippen LogP contribution is -2.21. The number of carbonyl (C=O) groups is 3. The largest absolute Gasteiger partial charge is 0.376 e. The van der Waals surface area contributed by atoms with E-state index in [0.29, 0.717) is 22.6 Å². The number of amides is 3. The fourth-order valence-electron chi connectivity index (χ4n) is 2.92. The Hall–Kier alpha value is -4.13. The molecule has 3 amide bonds. The predicted octanol–water partition coefficient (Wildman–Crippen LogP) is 4.26. The molecule has 31 heavy (non-hydrogen) atoms. The summed E-state index contributed by atoms with van der Waals surface area (Å²) in [7, 11) is 0. The highest BCUT2D eigenvalue weighted by molar-refractivity contribution is 6.04. The van der Waals surface area contributed by atoms with Crippen molar-refractivity contribution in [3.05, 3.63) is 83.9 Å². The van der Waals surface area contributed by atoms with Crippen molar-refractivity contribution in [2.24, 2.45) is 0 Å². The van der Waals surface area contributed by atoms with Crippen molar-refractivity contribution >= 4 is 40.5 Å². The van der Waals surface area contributed by atoms with Crippen LogP contribution >= 0.6 is 0 Å². The first-order valence-electron chi connectivity index (χ1n) is 9.78. The highest BCUT2D eigenvalue weighted by Gasteiger charge is 2.07. The van der Waals surface area contributed by atoms with Gasteiger partial charge in [-0.2, -0.15) is 0 Å². The van der Waals surface area contributed by atoms with Crippen LogP contribution in [0.25, 0.3) is 0 Å². The smallest absolute Gasteiger partial charge is 0.255 e. The molecule has 0 saturated carbocycles. The summed E-state index contributed by atoms with van der Waals surface area (Å²) in [5.74, 6) is -0.568. The minimum Gasteiger partial charge on any atom is -0.376 e. The lowest BCUT2D eigenvalue weighted by atomic mass is 10.1. The van der Waals surface area contributed by atoms with Crippen molar-refractivity contribution < 1.29 is 14.4 Å². The predicted molar refractivity (Wildman–Crippen MR) is 123 cm³/mol. The van der Waals surface area contributed by atoms with Crippen LogP contribution in [0.3, 0.4) is 0 Å². The van der Waals surface area contributed by atoms with E-state index in [1.54, 1.807) is 48.5 Å². The van der Waals surface area contributed by atoms with Crippen molar-refractivity contribution in [3.8, 4) is 0 Å². The van der Waals surface area contributed by atoms with E-state index in [1.165, 1.54) is 6.92 Å². The third-order valence-electron chi connectivity index (χ3n) is 4.34. The van der Waals surface area contributed by atoms with E-state index in [4.69, 9.17) is 0 Å². The summed E-state index contributed by atoms with van der Waals surface area (Å²) in [6.45, 7) is 3.44. The third-order valence-corrected chi connectivity index (χ3v) is 4.34. The van der Waals surface area contributed by atoms with Crippen LogP contribution in [0.5, 0.6) is 0 Å². The second-order valence-corrected chi connectivity index (χ2v) is 7.06. The van der Waals surface area contributed by atoms with Crippen LogP contribution < -0.4 is 21.3 Å². The Bertz CT molecular complexity index is 1090. The second kappa shape index (κ2) is 10.1. The van der Waals surface area contributed by atoms with Gasteiger partial charge in [-0.1, -0.05) is 23.8 Å². The van der Waals surface area contributed by atoms with Crippen molar-refractivity contribution in [2.75, 3.05) is 27.8 Å². The molecule has 4 N–H and O–H groups in total. The summed E-state index contributed by atoms with van der Waals surface area (Å²) in [5, 5.41) is 11.3. The highest BCUT2D eigenvalue weighted by Crippen LogP contribution is 2.17. The number of hydrogen-bond acceptors (Lipinski definition) is 4. The van der Waals surface area contributed by atoms with Gasteiger partial charge in [0.25, 0.3) is 5.91 Å². The Balaban J connectivity index is 1.51. The van der Waals surface area contributed by atoms with Gasteiger partial charge in [-0.25, -0.2) is 0 Å². The first-order valence-corrected chi connectivity index (χ1v) is 9.78. The fourth-order valence-corrected chi connectivity index (χ4v) is 2.92. The van der Waals surface area contributed by atoms with E-state index in [0.717, 1.165) is 11.3 Å². The molecule has 0 unspecified atom stereocenters. The van der Waals surface area contributed by atoms with Crippen LogP contribution in [0.1, 0.15) is 22.8 Å². The molecule has 3 aromatic carbocycles. The lowest BCUT2D eigenvalue weighted by Gasteiger charge is -2.10. The zero-order valence-corrected chi connectivity index (χ0v) is 17.4. The average molecular weight is 416 g/mol. The number of carbonyl (C=O) groups excluding carboxylic acids is 3. The molecule has 0 radical (unpaired) electrons. The van der Waals surface area contributed by atoms with E-state index in [1.807, 2.05) is 31.2 Å². The molecule has 0 spiro atoms. The van der Waals surface area contributed by atoms with E-state index in [9.17, 15) is 14.4 Å². The van der Waals surface area contributed by atoms with E-state index in [2.05, 4.69) is 21.3 Å². The van der Waals surface area contributed by atoms with Crippen LogP contribution in [-0.2, 0) is 9.59 Å². The zero-order chi connectivity index (χ0) is 22.2. The van der Waals surface area contributed by atoms with Crippen LogP contribution in [0, 0.1) is 6.92 Å². The van der Waals surface area contributed by atoms with Gasteiger partial charge in [0, 0.05) is 35.2 Å². The summed E-state index contributed by atoms with van der Waals surface area (Å²) < 4.78 is 0. The SMILES string of the molecule is CC(=O)Nc1cccc(NCC(=O)Nc2ccc(NC(=O)c3cccc(C)c3)cc2)c1. The van der Waals surface area contributed by atoms with Crippen LogP contribution in [-0.4, -0.2) is 24.3 Å². The fraction of sp³-hybridized carbons (Fsp3) is 0.125. The molecule has 0 aliphatic heterocycles. The van der Waals surface area contributed by atoms with Gasteiger partial charge in [0.2, 0.25) is 11.8 Å². The maximum absolute atomic E-state index is 12.3. The number of hydrogen-bond donors (Lipinski definition) is 4. The quantitative estimate of drug-likeness (QED) is 0.463. The molecule has 7 heteroatoms. The Kier molecular flexibility index (Phi) is 7.01. The molecule has 158 valence electrons. The normalized spacial score (nSPS) is 10.1. The van der Waals surface area contributed by atoms with Gasteiger partial charge in [0.15, 0.2) is 0 Å². The molecule has 0 saturated heterocycles. The first-order chi connectivity index (χ1) is 14.9. The molecule has 0 heterocycles. The Morgan fingerprint density at radius 3 is 2.03 bits per heavy atom. The maximum Gasteiger partial charge on any atom is 0.255 e. The highest BCUT2D eigenvalue weighted by atomic mass is 16.2. The minimum atomic E-state index is -0.221. The number of nitrogens with one attached hydrogen (secondary N) is 4. The topological polar surface area (TPSA) is 99.3 Å². The molecule has 0 atom stereocenters. The Morgan fingerprint density at radius 2 is 1.35 bits per heavy atom. The van der Waals surface area contributed by atoms with Crippen molar-refractivity contribution in [1.82, 2.24) is 0 Å². The molecule has 0 aromatic heterocycles. The van der Waals surface area contributed by atoms with Gasteiger partial charge in [0.05, 0.1) is 6.54 Å². The standard InChI is InChI=1S/C24H24N4O3/c1-16-5-3-6-18(13-16)24(31)28-20-11-9-19(10-12-20)27-23(30)15-25-21-7-4-8-22(14-21)26-17(2)29/h3-14,25H,15H2,1-2H3,(H,26,29)(H,27,30)(H,28,31). The molecular weight excluding hydrogens is 392 g/mol. The second-order valence-electron chi connectivity index (χ2n) is 7.06. The van der Waals surface area contributed by atoms with Gasteiger partial charge in [-0.15, -0.1) is 0 Å². The van der Waals surface area contributed by atoms with E-state index < -0.39 is 0 Å². The van der Waals surface area contributed by atoms with Gasteiger partial charge in [0.1, 0.15) is 0 Å². The van der Waals surface area contributed by atoms with Crippen LogP contribution in [0.15, 0.2) is 72.8 Å². The molecule has 7 nitrogen and oxygen atoms in total. The van der Waals surface area contributed by atoms with Crippen molar-refractivity contribution in [3.63, 3.8) is 0 Å². The van der Waals surface area contributed by atoms with Crippen molar-refractivity contribution in [2.45, 2.75) is 13.8 Å². The van der Waals surface area contributed by atoms with Crippen molar-refractivity contribution in [1.29, 1.82) is 0 Å². The zero-order valence-electron chi connectivity index (χ0n) is 17.4. The molecule has 3 aromatic rings. The van der Waals surface area contributed by atoms with Crippen LogP contribution in [0.4, 0.5) is 22.7 Å². The maximum atomic E-state index is 12.3.